The first kappa shape index (κ1) is 39.2. The number of carboxylic acid groups (broad SMARTS) is 2. The summed E-state index contributed by atoms with van der Waals surface area (Å²) < 4.78 is 16.5. The molecule has 276 valence electrons. The van der Waals surface area contributed by atoms with Crippen LogP contribution in [0.15, 0.2) is 127 Å². The molecule has 2 aliphatic heterocycles. The molecule has 5 aromatic rings. The molecule has 1 fully saturated rings. The molecule has 7 rings (SSSR count). The highest BCUT2D eigenvalue weighted by Gasteiger charge is 2.29. The van der Waals surface area contributed by atoms with Gasteiger partial charge < -0.3 is 29.0 Å². The van der Waals surface area contributed by atoms with Crippen molar-refractivity contribution in [3.63, 3.8) is 0 Å². The van der Waals surface area contributed by atoms with Crippen molar-refractivity contribution in [3.8, 4) is 22.8 Å². The first-order chi connectivity index (χ1) is 25.6. The number of hydrogen-bond donors (Lipinski definition) is 2. The molecule has 0 saturated carbocycles. The number of benzene rings is 4. The summed E-state index contributed by atoms with van der Waals surface area (Å²) in [5, 5.41) is 16.1. The predicted octanol–water partition coefficient (Wildman–Crippen LogP) is 7.59. The number of rotatable bonds is 7. The van der Waals surface area contributed by atoms with Crippen LogP contribution in [-0.2, 0) is 16.0 Å². The van der Waals surface area contributed by atoms with Gasteiger partial charge in [0.2, 0.25) is 11.2 Å². The number of carboxylic acids is 2. The Labute approximate surface area is 317 Å². The van der Waals surface area contributed by atoms with Gasteiger partial charge in [-0.25, -0.2) is 9.59 Å². The molecule has 12 heteroatoms. The lowest BCUT2D eigenvalue weighted by Crippen LogP contribution is -2.46. The maximum atomic E-state index is 12.6. The highest BCUT2D eigenvalue weighted by molar-refractivity contribution is 7.99. The average molecular weight is 755 g/mol. The number of piperazine rings is 1. The van der Waals surface area contributed by atoms with E-state index in [0.29, 0.717) is 40.7 Å². The zero-order valence-corrected chi connectivity index (χ0v) is 31.6. The van der Waals surface area contributed by atoms with Crippen LogP contribution in [0.1, 0.15) is 17.2 Å². The van der Waals surface area contributed by atoms with E-state index in [2.05, 4.69) is 65.6 Å². The molecule has 0 spiro atoms. The van der Waals surface area contributed by atoms with E-state index in [0.717, 1.165) is 25.1 Å². The van der Waals surface area contributed by atoms with Crippen molar-refractivity contribution in [2.45, 2.75) is 27.1 Å². The van der Waals surface area contributed by atoms with Gasteiger partial charge in [-0.05, 0) is 67.2 Å². The summed E-state index contributed by atoms with van der Waals surface area (Å²) in [6.45, 7) is 4.67. The van der Waals surface area contributed by atoms with Crippen LogP contribution in [0.4, 0.5) is 0 Å². The summed E-state index contributed by atoms with van der Waals surface area (Å²) in [5.74, 6) is -1.40. The van der Waals surface area contributed by atoms with Gasteiger partial charge in [-0.1, -0.05) is 66.4 Å². The van der Waals surface area contributed by atoms with Crippen LogP contribution < -0.4 is 14.9 Å². The lowest BCUT2D eigenvalue weighted by Gasteiger charge is -2.38. The lowest BCUT2D eigenvalue weighted by atomic mass is 9.96. The van der Waals surface area contributed by atoms with E-state index < -0.39 is 11.9 Å². The number of likely N-dealkylation sites (N-methyl/N-ethyl adjacent to an activating group) is 1. The van der Waals surface area contributed by atoms with E-state index in [4.69, 9.17) is 24.1 Å². The molecule has 4 aromatic carbocycles. The van der Waals surface area contributed by atoms with Crippen molar-refractivity contribution in [1.82, 2.24) is 9.80 Å². The van der Waals surface area contributed by atoms with Crippen LogP contribution in [0.2, 0.25) is 0 Å². The summed E-state index contributed by atoms with van der Waals surface area (Å²) in [5.41, 5.74) is 4.00. The second-order valence-corrected chi connectivity index (χ2v) is 14.1. The van der Waals surface area contributed by atoms with E-state index in [-0.39, 0.29) is 11.2 Å². The van der Waals surface area contributed by atoms with Gasteiger partial charge in [-0.3, -0.25) is 9.69 Å². The molecule has 1 atom stereocenters. The molecule has 53 heavy (non-hydrogen) atoms. The molecular weight excluding hydrogens is 713 g/mol. The van der Waals surface area contributed by atoms with Crippen LogP contribution in [0.3, 0.4) is 0 Å². The number of fused-ring (bicyclic) bond motifs is 3. The van der Waals surface area contributed by atoms with Crippen LogP contribution in [0.25, 0.3) is 22.3 Å². The predicted molar refractivity (Wildman–Crippen MR) is 210 cm³/mol. The number of ether oxygens (including phenoxy) is 2. The maximum Gasteiger partial charge on any atom is 0.328 e. The first-order valence-electron chi connectivity index (χ1n) is 16.9. The Morgan fingerprint density at radius 2 is 1.53 bits per heavy atom. The van der Waals surface area contributed by atoms with Crippen LogP contribution >= 0.6 is 23.5 Å². The van der Waals surface area contributed by atoms with Gasteiger partial charge in [0.1, 0.15) is 0 Å². The Bertz CT molecular complexity index is 2110. The summed E-state index contributed by atoms with van der Waals surface area (Å²) in [4.78, 5) is 41.1. The number of para-hydroxylation sites is 1. The van der Waals surface area contributed by atoms with Crippen molar-refractivity contribution < 1.29 is 33.7 Å². The molecule has 3 heterocycles. The van der Waals surface area contributed by atoms with Crippen molar-refractivity contribution in [3.05, 3.63) is 124 Å². The Morgan fingerprint density at radius 3 is 2.17 bits per heavy atom. The number of methoxy groups -OCH3 is 2. The zero-order valence-electron chi connectivity index (χ0n) is 30.0. The van der Waals surface area contributed by atoms with Gasteiger partial charge in [0.25, 0.3) is 0 Å². The summed E-state index contributed by atoms with van der Waals surface area (Å²) in [7, 11) is 5.24. The van der Waals surface area contributed by atoms with Gasteiger partial charge in [-0.2, -0.15) is 0 Å². The number of nitrogens with zero attached hydrogens (tertiary/aromatic N) is 2. The minimum atomic E-state index is -1.26. The standard InChI is InChI=1S/C20H24N2S2.C17H14O4.C4H4O4/c1-21-9-11-22(12-10-21)18-13-15-5-3-4-6-19(15)24-20-8-7-16(23-2)14-17(18)20;1-19-13-10-6-9-12-14(18)17(20-2)15(21-16(12)13)11-7-4-3-5-8-11;5-3(6)1-2-4(7)8/h3-8,14,18H,9-13H2,1-2H3;3-10H,1-2H3;1-2H,(H,5,6)(H,7,8). The second-order valence-electron chi connectivity index (χ2n) is 12.2. The molecule has 0 bridgehead atoms. The molecular formula is C41H42N2O8S2. The highest BCUT2D eigenvalue weighted by Crippen LogP contribution is 2.44. The summed E-state index contributed by atoms with van der Waals surface area (Å²) in [6, 6.07) is 31.0. The van der Waals surface area contributed by atoms with Crippen molar-refractivity contribution in [2.75, 3.05) is 53.7 Å². The Morgan fingerprint density at radius 1 is 0.849 bits per heavy atom. The fourth-order valence-electron chi connectivity index (χ4n) is 6.12. The number of thioether (sulfide) groups is 1. The van der Waals surface area contributed by atoms with Gasteiger partial charge in [-0.15, -0.1) is 11.8 Å². The maximum absolute atomic E-state index is 12.6. The normalized spacial score (nSPS) is 15.5. The minimum absolute atomic E-state index is 0.196. The van der Waals surface area contributed by atoms with Gasteiger partial charge >= 0.3 is 11.9 Å². The number of carbonyl (C=O) groups is 2. The number of hydrogen-bond acceptors (Lipinski definition) is 10. The van der Waals surface area contributed by atoms with E-state index >= 15 is 0 Å². The van der Waals surface area contributed by atoms with E-state index in [9.17, 15) is 14.4 Å². The summed E-state index contributed by atoms with van der Waals surface area (Å²) >= 11 is 3.79. The smallest absolute Gasteiger partial charge is 0.328 e. The van der Waals surface area contributed by atoms with E-state index in [1.165, 1.54) is 46.0 Å². The van der Waals surface area contributed by atoms with Gasteiger partial charge in [0.15, 0.2) is 17.1 Å². The topological polar surface area (TPSA) is 130 Å². The molecule has 1 saturated heterocycles. The minimum Gasteiger partial charge on any atom is -0.493 e. The molecule has 1 aromatic heterocycles. The zero-order chi connectivity index (χ0) is 37.9. The fourth-order valence-corrected chi connectivity index (χ4v) is 7.68. The molecule has 2 aliphatic rings. The Balaban J connectivity index is 0.000000172. The second kappa shape index (κ2) is 18.7. The molecule has 0 amide bonds. The average Bonchev–Trinajstić information content (AvgIpc) is 3.34. The summed E-state index contributed by atoms with van der Waals surface area (Å²) in [6.07, 6.45) is 4.41. The Kier molecular flexibility index (Phi) is 13.8. The lowest BCUT2D eigenvalue weighted by molar-refractivity contribution is -0.134. The van der Waals surface area contributed by atoms with Crippen LogP contribution in [0.5, 0.6) is 11.5 Å². The highest BCUT2D eigenvalue weighted by atomic mass is 32.2. The van der Waals surface area contributed by atoms with Crippen molar-refractivity contribution in [1.29, 1.82) is 0 Å². The monoisotopic (exact) mass is 754 g/mol. The van der Waals surface area contributed by atoms with E-state index in [1.807, 2.05) is 53.9 Å². The third-order valence-corrected chi connectivity index (χ3v) is 10.8. The van der Waals surface area contributed by atoms with E-state index in [1.54, 1.807) is 25.3 Å². The van der Waals surface area contributed by atoms with Crippen molar-refractivity contribution in [2.24, 2.45) is 0 Å². The fraction of sp³-hybridized carbons (Fsp3) is 0.244. The van der Waals surface area contributed by atoms with Gasteiger partial charge in [0.05, 0.1) is 19.6 Å². The number of aliphatic carboxylic acids is 2. The Hall–Kier alpha value is -5.01. The molecule has 1 unspecified atom stereocenters. The molecule has 0 radical (unpaired) electrons. The van der Waals surface area contributed by atoms with Crippen LogP contribution in [0, 0.1) is 0 Å². The molecule has 0 aliphatic carbocycles. The van der Waals surface area contributed by atoms with Gasteiger partial charge in [0, 0.05) is 64.6 Å². The van der Waals surface area contributed by atoms with Crippen molar-refractivity contribution >= 4 is 46.4 Å². The molecule has 10 nitrogen and oxygen atoms in total. The quantitative estimate of drug-likeness (QED) is 0.125. The molecule has 2 N–H and O–H groups in total. The largest absolute Gasteiger partial charge is 0.493 e. The van der Waals surface area contributed by atoms with Crippen LogP contribution in [-0.4, -0.2) is 85.7 Å². The third kappa shape index (κ3) is 9.91. The third-order valence-electron chi connectivity index (χ3n) is 8.83. The SMILES string of the molecule is COc1c(-c2ccccc2)oc2c(OC)cccc2c1=O.CSc1ccc2c(c1)C(N1CCN(C)CC1)Cc1ccccc1S2.O=C(O)C=CC(=O)O. The first-order valence-corrected chi connectivity index (χ1v) is 18.9.